The molecule has 1 aromatic carbocycles. The number of nitrogens with zero attached hydrogens (tertiary/aromatic N) is 2. The van der Waals surface area contributed by atoms with Crippen LogP contribution in [0.3, 0.4) is 0 Å². The molecule has 0 aromatic heterocycles. The molecule has 0 radical (unpaired) electrons. The number of piperidine rings is 1. The minimum Gasteiger partial charge on any atom is -0.356 e. The van der Waals surface area contributed by atoms with Crippen molar-refractivity contribution in [2.45, 2.75) is 70.0 Å². The Kier molecular flexibility index (Phi) is 10.2. The molecule has 184 valence electrons. The van der Waals surface area contributed by atoms with Gasteiger partial charge >= 0.3 is 0 Å². The fraction of sp³-hybridized carbons (Fsp3) is 0.680. The molecule has 1 aliphatic heterocycles. The van der Waals surface area contributed by atoms with Gasteiger partial charge in [0.1, 0.15) is 5.82 Å². The number of likely N-dealkylation sites (tertiary alicyclic amines) is 1. The number of benzene rings is 1. The van der Waals surface area contributed by atoms with Crippen LogP contribution in [0.1, 0.15) is 56.9 Å². The smallest absolute Gasteiger partial charge is 0.223 e. The molecule has 2 unspecified atom stereocenters. The fourth-order valence-corrected chi connectivity index (χ4v) is 4.95. The van der Waals surface area contributed by atoms with Crippen molar-refractivity contribution in [3.05, 3.63) is 35.6 Å². The van der Waals surface area contributed by atoms with Crippen LogP contribution < -0.4 is 16.0 Å². The summed E-state index contributed by atoms with van der Waals surface area (Å²) in [5.74, 6) is 1.69. The van der Waals surface area contributed by atoms with Gasteiger partial charge in [0.15, 0.2) is 5.96 Å². The molecule has 3 N–H and O–H groups in total. The molecule has 0 spiro atoms. The number of guanidine groups is 1. The average Bonchev–Trinajstić information content (AvgIpc) is 3.63. The van der Waals surface area contributed by atoms with Crippen LogP contribution in [-0.2, 0) is 11.3 Å². The number of rotatable bonds is 7. The Bertz CT molecular complexity index is 795. The molecule has 1 amide bonds. The number of carbonyl (C=O) groups is 1. The summed E-state index contributed by atoms with van der Waals surface area (Å²) in [6.45, 7) is 3.57. The van der Waals surface area contributed by atoms with Gasteiger partial charge in [-0.1, -0.05) is 24.6 Å². The highest BCUT2D eigenvalue weighted by Gasteiger charge is 2.31. The maximum atomic E-state index is 13.9. The van der Waals surface area contributed by atoms with Crippen LogP contribution in [0.5, 0.6) is 0 Å². The second-order valence-corrected chi connectivity index (χ2v) is 9.75. The first-order valence-electron chi connectivity index (χ1n) is 12.3. The third kappa shape index (κ3) is 8.09. The van der Waals surface area contributed by atoms with E-state index in [1.807, 2.05) is 19.2 Å². The van der Waals surface area contributed by atoms with Gasteiger partial charge in [0, 0.05) is 43.7 Å². The van der Waals surface area contributed by atoms with Gasteiger partial charge in [0.25, 0.3) is 0 Å². The highest BCUT2D eigenvalue weighted by atomic mass is 127. The van der Waals surface area contributed by atoms with Crippen molar-refractivity contribution in [3.63, 3.8) is 0 Å². The second-order valence-electron chi connectivity index (χ2n) is 9.75. The lowest BCUT2D eigenvalue weighted by molar-refractivity contribution is -0.126. The van der Waals surface area contributed by atoms with Crippen molar-refractivity contribution >= 4 is 35.8 Å². The lowest BCUT2D eigenvalue weighted by atomic mass is 9.85. The molecule has 3 aliphatic rings. The minimum atomic E-state index is -0.110. The summed E-state index contributed by atoms with van der Waals surface area (Å²) in [6, 6.07) is 7.80. The summed E-state index contributed by atoms with van der Waals surface area (Å²) in [6.07, 6.45) is 8.52. The summed E-state index contributed by atoms with van der Waals surface area (Å²) in [5, 5.41) is 10.2. The molecule has 1 aromatic rings. The number of hydrogen-bond acceptors (Lipinski definition) is 3. The Morgan fingerprint density at radius 1 is 1.06 bits per heavy atom. The zero-order valence-corrected chi connectivity index (χ0v) is 22.0. The largest absolute Gasteiger partial charge is 0.356 e. The van der Waals surface area contributed by atoms with Crippen molar-refractivity contribution in [1.29, 1.82) is 0 Å². The van der Waals surface area contributed by atoms with Gasteiger partial charge in [0.2, 0.25) is 5.91 Å². The van der Waals surface area contributed by atoms with Gasteiger partial charge in [0.05, 0.1) is 0 Å². The predicted molar refractivity (Wildman–Crippen MR) is 141 cm³/mol. The number of hydrogen-bond donors (Lipinski definition) is 3. The van der Waals surface area contributed by atoms with Gasteiger partial charge in [-0.05, 0) is 70.0 Å². The Morgan fingerprint density at radius 3 is 2.52 bits per heavy atom. The van der Waals surface area contributed by atoms with Crippen molar-refractivity contribution in [1.82, 2.24) is 20.9 Å². The van der Waals surface area contributed by atoms with Crippen molar-refractivity contribution in [2.24, 2.45) is 16.8 Å². The van der Waals surface area contributed by atoms with Gasteiger partial charge in [-0.25, -0.2) is 4.39 Å². The molecular weight excluding hydrogens is 532 g/mol. The molecule has 33 heavy (non-hydrogen) atoms. The summed E-state index contributed by atoms with van der Waals surface area (Å²) in [5.41, 5.74) is 0.783. The van der Waals surface area contributed by atoms with E-state index >= 15 is 0 Å². The Hall–Kier alpha value is -1.42. The molecule has 4 rings (SSSR count). The number of nitrogens with one attached hydrogen (secondary N) is 3. The minimum absolute atomic E-state index is 0. The van der Waals surface area contributed by atoms with Gasteiger partial charge in [-0.2, -0.15) is 0 Å². The Morgan fingerprint density at radius 2 is 1.82 bits per heavy atom. The van der Waals surface area contributed by atoms with Crippen LogP contribution in [0.25, 0.3) is 0 Å². The van der Waals surface area contributed by atoms with Gasteiger partial charge in [-0.3, -0.25) is 14.7 Å². The first-order valence-corrected chi connectivity index (χ1v) is 12.3. The third-order valence-electron chi connectivity index (χ3n) is 7.15. The SMILES string of the molecule is CN=C(NCC1CCN(Cc2ccccc2F)CC1)NC1CCCC(C(=O)NC2CC2)C1.I. The van der Waals surface area contributed by atoms with Crippen LogP contribution in [0.4, 0.5) is 4.39 Å². The highest BCUT2D eigenvalue weighted by molar-refractivity contribution is 14.0. The zero-order valence-electron chi connectivity index (χ0n) is 19.7. The van der Waals surface area contributed by atoms with Crippen LogP contribution in [0.2, 0.25) is 0 Å². The first-order chi connectivity index (χ1) is 15.6. The molecular formula is C25H39FIN5O. The standard InChI is InChI=1S/C25H38FN5O.HI/c1-27-25(30-22-7-4-6-19(15-22)24(32)29-21-9-10-21)28-16-18-11-13-31(14-12-18)17-20-5-2-3-8-23(20)26;/h2-3,5,8,18-19,21-22H,4,6-7,9-17H2,1H3,(H,29,32)(H2,27,28,30);1H. The quantitative estimate of drug-likeness (QED) is 0.266. The van der Waals surface area contributed by atoms with E-state index in [1.165, 1.54) is 0 Å². The highest BCUT2D eigenvalue weighted by Crippen LogP contribution is 2.27. The van der Waals surface area contributed by atoms with E-state index < -0.39 is 0 Å². The van der Waals surface area contributed by atoms with Gasteiger partial charge < -0.3 is 16.0 Å². The number of aliphatic imine (C=N–C) groups is 1. The maximum absolute atomic E-state index is 13.9. The summed E-state index contributed by atoms with van der Waals surface area (Å²) in [4.78, 5) is 19.2. The normalized spacial score (nSPS) is 24.6. The molecule has 1 heterocycles. The van der Waals surface area contributed by atoms with E-state index in [0.717, 1.165) is 82.5 Å². The van der Waals surface area contributed by atoms with Crippen LogP contribution in [-0.4, -0.2) is 55.5 Å². The first kappa shape index (κ1) is 26.2. The van der Waals surface area contributed by atoms with Crippen LogP contribution in [0.15, 0.2) is 29.3 Å². The zero-order chi connectivity index (χ0) is 22.3. The molecule has 2 aliphatic carbocycles. The van der Waals surface area contributed by atoms with E-state index in [2.05, 4.69) is 25.8 Å². The van der Waals surface area contributed by atoms with Gasteiger partial charge in [-0.15, -0.1) is 24.0 Å². The molecule has 2 atom stereocenters. The van der Waals surface area contributed by atoms with E-state index in [0.29, 0.717) is 24.5 Å². The molecule has 2 saturated carbocycles. The number of halogens is 2. The summed E-state index contributed by atoms with van der Waals surface area (Å²) in [7, 11) is 1.81. The van der Waals surface area contributed by atoms with Crippen LogP contribution >= 0.6 is 24.0 Å². The molecule has 6 nitrogen and oxygen atoms in total. The average molecular weight is 572 g/mol. The molecule has 3 fully saturated rings. The lowest BCUT2D eigenvalue weighted by Crippen LogP contribution is -2.48. The van der Waals surface area contributed by atoms with Crippen molar-refractivity contribution in [3.8, 4) is 0 Å². The maximum Gasteiger partial charge on any atom is 0.223 e. The van der Waals surface area contributed by atoms with Crippen molar-refractivity contribution < 1.29 is 9.18 Å². The summed E-state index contributed by atoms with van der Waals surface area (Å²) >= 11 is 0. The lowest BCUT2D eigenvalue weighted by Gasteiger charge is -2.33. The van der Waals surface area contributed by atoms with Crippen molar-refractivity contribution in [2.75, 3.05) is 26.7 Å². The van der Waals surface area contributed by atoms with E-state index in [-0.39, 0.29) is 41.6 Å². The Balaban J connectivity index is 0.00000306. The van der Waals surface area contributed by atoms with E-state index in [4.69, 9.17) is 0 Å². The molecule has 1 saturated heterocycles. The second kappa shape index (κ2) is 12.9. The molecule has 8 heteroatoms. The molecule has 0 bridgehead atoms. The summed E-state index contributed by atoms with van der Waals surface area (Å²) < 4.78 is 13.9. The topological polar surface area (TPSA) is 68.8 Å². The van der Waals surface area contributed by atoms with E-state index in [9.17, 15) is 9.18 Å². The van der Waals surface area contributed by atoms with Crippen LogP contribution in [0, 0.1) is 17.7 Å². The van der Waals surface area contributed by atoms with E-state index in [1.54, 1.807) is 12.1 Å². The monoisotopic (exact) mass is 571 g/mol. The third-order valence-corrected chi connectivity index (χ3v) is 7.15. The Labute approximate surface area is 214 Å². The number of carbonyl (C=O) groups excluding carboxylic acids is 1. The fourth-order valence-electron chi connectivity index (χ4n) is 4.95. The predicted octanol–water partition coefficient (Wildman–Crippen LogP) is 3.66. The number of amides is 1.